The highest BCUT2D eigenvalue weighted by molar-refractivity contribution is 7.45. The molecule has 0 heterocycles. The van der Waals surface area contributed by atoms with Crippen LogP contribution in [-0.4, -0.2) is 69.4 Å². The fourth-order valence-corrected chi connectivity index (χ4v) is 11.4. The summed E-state index contributed by atoms with van der Waals surface area (Å²) < 4.78 is 30.5. The van der Waals surface area contributed by atoms with Crippen molar-refractivity contribution in [2.24, 2.45) is 0 Å². The predicted octanol–water partition coefficient (Wildman–Crippen LogP) is 22.9. The molecule has 0 aromatic heterocycles. The number of hydrogen-bond donors (Lipinski definition) is 1. The van der Waals surface area contributed by atoms with Crippen LogP contribution in [0, 0.1) is 0 Å². The number of nitrogens with zero attached hydrogens (tertiary/aromatic N) is 1. The lowest BCUT2D eigenvalue weighted by Crippen LogP contribution is -2.47. The van der Waals surface area contributed by atoms with E-state index in [1.165, 1.54) is 225 Å². The number of phosphoric acid groups is 1. The molecule has 0 aliphatic carbocycles. The molecule has 0 aromatic rings. The fraction of sp³-hybridized carbons (Fsp3) is 0.816. The van der Waals surface area contributed by atoms with Gasteiger partial charge >= 0.3 is 5.97 Å². The zero-order chi connectivity index (χ0) is 62.8. The predicted molar refractivity (Wildman–Crippen MR) is 372 cm³/mol. The molecule has 0 aliphatic heterocycles. The summed E-state index contributed by atoms with van der Waals surface area (Å²) in [6.07, 6.45) is 86.0. The summed E-state index contributed by atoms with van der Waals surface area (Å²) in [5.74, 6) is -0.537. The first-order valence-corrected chi connectivity index (χ1v) is 38.2. The minimum absolute atomic E-state index is 0.0246. The van der Waals surface area contributed by atoms with Gasteiger partial charge in [0.15, 0.2) is 0 Å². The Morgan fingerprint density at radius 3 is 1.09 bits per heavy atom. The van der Waals surface area contributed by atoms with E-state index in [-0.39, 0.29) is 24.9 Å². The highest BCUT2D eigenvalue weighted by atomic mass is 31.2. The molecule has 502 valence electrons. The molecule has 1 N–H and O–H groups in total. The van der Waals surface area contributed by atoms with E-state index in [1.807, 2.05) is 33.3 Å². The number of allylic oxidation sites excluding steroid dienone is 11. The molecule has 3 unspecified atom stereocenters. The van der Waals surface area contributed by atoms with Crippen LogP contribution in [-0.2, 0) is 27.9 Å². The summed E-state index contributed by atoms with van der Waals surface area (Å²) in [5, 5.41) is 3.05. The van der Waals surface area contributed by atoms with Crippen molar-refractivity contribution >= 4 is 19.7 Å². The monoisotopic (exact) mass is 1230 g/mol. The van der Waals surface area contributed by atoms with Crippen molar-refractivity contribution in [1.29, 1.82) is 0 Å². The highest BCUT2D eigenvalue weighted by Gasteiger charge is 2.27. The Morgan fingerprint density at radius 1 is 0.407 bits per heavy atom. The van der Waals surface area contributed by atoms with Crippen LogP contribution in [0.3, 0.4) is 0 Å². The van der Waals surface area contributed by atoms with Crippen LogP contribution in [0.15, 0.2) is 72.9 Å². The maximum absolute atomic E-state index is 13.6. The molecule has 10 heteroatoms. The molecule has 86 heavy (non-hydrogen) atoms. The second-order valence-electron chi connectivity index (χ2n) is 26.1. The number of esters is 1. The number of carbonyl (C=O) groups is 2. The van der Waals surface area contributed by atoms with Gasteiger partial charge in [0.25, 0.3) is 7.82 Å². The molecule has 0 bridgehead atoms. The summed E-state index contributed by atoms with van der Waals surface area (Å²) in [6.45, 7) is 6.85. The number of hydrogen-bond acceptors (Lipinski definition) is 7. The van der Waals surface area contributed by atoms with Gasteiger partial charge in [-0.3, -0.25) is 14.2 Å². The number of nitrogens with one attached hydrogen (secondary N) is 1. The van der Waals surface area contributed by atoms with Crippen molar-refractivity contribution < 1.29 is 37.3 Å². The Kier molecular flexibility index (Phi) is 63.5. The van der Waals surface area contributed by atoms with Crippen LogP contribution in [0.2, 0.25) is 0 Å². The first-order valence-electron chi connectivity index (χ1n) is 36.7. The molecule has 0 fully saturated rings. The summed E-state index contributed by atoms with van der Waals surface area (Å²) >= 11 is 0. The number of rotatable bonds is 67. The minimum atomic E-state index is -4.71. The average molecular weight is 1230 g/mol. The third-order valence-electron chi connectivity index (χ3n) is 16.4. The smallest absolute Gasteiger partial charge is 0.306 e. The average Bonchev–Trinajstić information content (AvgIpc) is 3.69. The van der Waals surface area contributed by atoms with Crippen molar-refractivity contribution in [1.82, 2.24) is 5.32 Å². The van der Waals surface area contributed by atoms with E-state index in [0.717, 1.165) is 89.9 Å². The van der Waals surface area contributed by atoms with Crippen LogP contribution < -0.4 is 10.2 Å². The third-order valence-corrected chi connectivity index (χ3v) is 17.3. The topological polar surface area (TPSA) is 114 Å². The fourth-order valence-electron chi connectivity index (χ4n) is 10.7. The van der Waals surface area contributed by atoms with Gasteiger partial charge < -0.3 is 28.5 Å². The minimum Gasteiger partial charge on any atom is -0.756 e. The molecule has 0 radical (unpaired) electrons. The van der Waals surface area contributed by atoms with E-state index in [0.29, 0.717) is 17.4 Å². The molecule has 0 aliphatic rings. The number of phosphoric ester groups is 1. The normalized spacial score (nSPS) is 13.9. The van der Waals surface area contributed by atoms with Gasteiger partial charge in [0.1, 0.15) is 19.3 Å². The first-order chi connectivity index (χ1) is 41.9. The van der Waals surface area contributed by atoms with Gasteiger partial charge in [0.2, 0.25) is 5.91 Å². The molecule has 0 saturated carbocycles. The Hall–Kier alpha value is -2.55. The molecular formula is C76H141N2O7P. The third kappa shape index (κ3) is 65.9. The van der Waals surface area contributed by atoms with E-state index in [1.54, 1.807) is 0 Å². The summed E-state index contributed by atoms with van der Waals surface area (Å²) in [6, 6.07) is -0.895. The lowest BCUT2D eigenvalue weighted by atomic mass is 10.0. The first kappa shape index (κ1) is 83.5. The van der Waals surface area contributed by atoms with Crippen LogP contribution in [0.25, 0.3) is 0 Å². The number of unbranched alkanes of at least 4 members (excludes halogenated alkanes) is 41. The van der Waals surface area contributed by atoms with Crippen LogP contribution in [0.1, 0.15) is 348 Å². The molecule has 0 spiro atoms. The van der Waals surface area contributed by atoms with E-state index in [4.69, 9.17) is 13.8 Å². The van der Waals surface area contributed by atoms with E-state index < -0.39 is 26.6 Å². The van der Waals surface area contributed by atoms with E-state index in [9.17, 15) is 19.0 Å². The zero-order valence-electron chi connectivity index (χ0n) is 57.5. The summed E-state index contributed by atoms with van der Waals surface area (Å²) in [7, 11) is 1.19. The lowest BCUT2D eigenvalue weighted by molar-refractivity contribution is -0.870. The second kappa shape index (κ2) is 65.4. The molecule has 3 atom stereocenters. The zero-order valence-corrected chi connectivity index (χ0v) is 58.4. The molecular weight excluding hydrogens is 1080 g/mol. The summed E-state index contributed by atoms with van der Waals surface area (Å²) in [5.41, 5.74) is 0. The summed E-state index contributed by atoms with van der Waals surface area (Å²) in [4.78, 5) is 40.2. The molecule has 0 saturated heterocycles. The van der Waals surface area contributed by atoms with Gasteiger partial charge in [-0.05, 0) is 102 Å². The van der Waals surface area contributed by atoms with Gasteiger partial charge in [-0.2, -0.15) is 0 Å². The number of amides is 1. The SMILES string of the molecule is CCCCC/C=C\C/C=C\C/C=C\C/C=C\CCCCCCCCCCCC(=O)NC(COP(=O)([O-])OCC[N+](C)(C)C)C(/C=C/CCCCCCCCCCCC)OC(=O)CCCCCCCCCCCCCCC/C=C/CCCCCCCC. The van der Waals surface area contributed by atoms with Gasteiger partial charge in [-0.1, -0.05) is 306 Å². The molecule has 9 nitrogen and oxygen atoms in total. The van der Waals surface area contributed by atoms with Gasteiger partial charge in [0.05, 0.1) is 33.8 Å². The molecule has 1 amide bonds. The maximum atomic E-state index is 13.6. The van der Waals surface area contributed by atoms with Crippen LogP contribution in [0.5, 0.6) is 0 Å². The number of ether oxygens (including phenoxy) is 1. The number of carbonyl (C=O) groups excluding carboxylic acids is 2. The van der Waals surface area contributed by atoms with Gasteiger partial charge in [0, 0.05) is 12.8 Å². The second-order valence-corrected chi connectivity index (χ2v) is 27.5. The van der Waals surface area contributed by atoms with Crippen LogP contribution >= 0.6 is 7.82 Å². The van der Waals surface area contributed by atoms with E-state index in [2.05, 4.69) is 86.8 Å². The van der Waals surface area contributed by atoms with Gasteiger partial charge in [-0.15, -0.1) is 0 Å². The van der Waals surface area contributed by atoms with Gasteiger partial charge in [-0.25, -0.2) is 0 Å². The van der Waals surface area contributed by atoms with Crippen LogP contribution in [0.4, 0.5) is 0 Å². The van der Waals surface area contributed by atoms with Crippen molar-refractivity contribution in [2.45, 2.75) is 360 Å². The highest BCUT2D eigenvalue weighted by Crippen LogP contribution is 2.38. The quantitative estimate of drug-likeness (QED) is 0.0212. The van der Waals surface area contributed by atoms with E-state index >= 15 is 0 Å². The number of likely N-dealkylation sites (N-methyl/N-ethyl adjacent to an activating group) is 1. The van der Waals surface area contributed by atoms with Crippen molar-refractivity contribution in [3.8, 4) is 0 Å². The molecule has 0 rings (SSSR count). The Bertz CT molecular complexity index is 1700. The number of quaternary nitrogens is 1. The largest absolute Gasteiger partial charge is 0.756 e. The Morgan fingerprint density at radius 2 is 0.709 bits per heavy atom. The standard InChI is InChI=1S/C76H141N2O7P/c1-7-10-13-16-19-22-25-28-30-32-34-36-38-39-41-42-44-46-48-50-53-56-59-62-65-68-75(79)77-73(72-84-86(81,82)83-71-70-78(4,5)6)74(67-64-61-58-55-52-27-24-21-18-15-12-9-3)85-76(80)69-66-63-60-57-54-51-49-47-45-43-40-37-35-33-31-29-26-23-20-17-14-11-8-2/h19,22,28-31,34,36,39,41,64,67,73-74H,7-18,20-21,23-27,32-33,35,37-38,40,42-63,65-66,68-72H2,1-6H3,(H-,77,79,81,82)/b22-19-,30-28-,31-29+,36-34-,41-39-,67-64+. The maximum Gasteiger partial charge on any atom is 0.306 e. The van der Waals surface area contributed by atoms with Crippen molar-refractivity contribution in [2.75, 3.05) is 40.9 Å². The Balaban J connectivity index is 5.05. The molecule has 0 aromatic carbocycles. The Labute approximate surface area is 533 Å². The van der Waals surface area contributed by atoms with Crippen molar-refractivity contribution in [3.05, 3.63) is 72.9 Å². The lowest BCUT2D eigenvalue weighted by Gasteiger charge is -2.30. The van der Waals surface area contributed by atoms with Crippen molar-refractivity contribution in [3.63, 3.8) is 0 Å².